The van der Waals surface area contributed by atoms with Crippen LogP contribution in [0.5, 0.6) is 0 Å². The molecule has 2 heterocycles. The molecule has 2 fully saturated rings. The highest BCUT2D eigenvalue weighted by atomic mass is 79.9. The number of rotatable bonds is 5. The van der Waals surface area contributed by atoms with Crippen molar-refractivity contribution in [2.24, 2.45) is 0 Å². The lowest BCUT2D eigenvalue weighted by Crippen LogP contribution is -2.48. The van der Waals surface area contributed by atoms with Crippen molar-refractivity contribution >= 4 is 32.0 Å². The second kappa shape index (κ2) is 8.28. The maximum atomic E-state index is 13.9. The summed E-state index contributed by atoms with van der Waals surface area (Å²) in [6.07, 6.45) is 0.359. The van der Waals surface area contributed by atoms with Crippen LogP contribution < -0.4 is 0 Å². The number of amides is 1. The highest BCUT2D eigenvalue weighted by Gasteiger charge is 2.48. The van der Waals surface area contributed by atoms with E-state index in [0.717, 1.165) is 4.47 Å². The summed E-state index contributed by atoms with van der Waals surface area (Å²) in [7, 11) is -3.47. The first-order valence-electron chi connectivity index (χ1n) is 9.70. The number of ether oxygens (including phenoxy) is 1. The zero-order valence-electron chi connectivity index (χ0n) is 16.3. The van der Waals surface area contributed by atoms with Crippen LogP contribution in [0, 0.1) is 5.82 Å². The van der Waals surface area contributed by atoms with E-state index < -0.39 is 21.7 Å². The molecule has 160 valence electrons. The van der Waals surface area contributed by atoms with Crippen molar-refractivity contribution in [1.82, 2.24) is 9.21 Å². The summed E-state index contributed by atoms with van der Waals surface area (Å²) in [5, 5.41) is 0. The molecule has 1 amide bonds. The van der Waals surface area contributed by atoms with Gasteiger partial charge in [-0.3, -0.25) is 4.90 Å². The van der Waals surface area contributed by atoms with Gasteiger partial charge in [-0.15, -0.1) is 0 Å². The average molecular weight is 497 g/mol. The lowest BCUT2D eigenvalue weighted by atomic mass is 9.92. The monoisotopic (exact) mass is 496 g/mol. The Balaban J connectivity index is 1.39. The standard InChI is InChI=1S/C21H22BrFN2O4S/c22-18-6-3-4-16(12-18)14-30(27,28)25-10-8-21(9-11-25)15-24(20(26)29-21)13-17-5-1-2-7-19(17)23/h1-7,12H,8-11,13-15H2. The van der Waals surface area contributed by atoms with Gasteiger partial charge in [0.05, 0.1) is 18.8 Å². The number of benzene rings is 2. The highest BCUT2D eigenvalue weighted by molar-refractivity contribution is 9.10. The fourth-order valence-electron chi connectivity index (χ4n) is 4.01. The maximum Gasteiger partial charge on any atom is 0.410 e. The van der Waals surface area contributed by atoms with E-state index in [2.05, 4.69) is 15.9 Å². The van der Waals surface area contributed by atoms with Crippen LogP contribution in [0.3, 0.4) is 0 Å². The van der Waals surface area contributed by atoms with Gasteiger partial charge >= 0.3 is 6.09 Å². The van der Waals surface area contributed by atoms with Crippen LogP contribution in [-0.2, 0) is 27.1 Å². The third kappa shape index (κ3) is 4.53. The number of carbonyl (C=O) groups is 1. The number of sulfonamides is 1. The van der Waals surface area contributed by atoms with Crippen molar-refractivity contribution in [2.45, 2.75) is 30.7 Å². The van der Waals surface area contributed by atoms with E-state index >= 15 is 0 Å². The molecule has 0 aliphatic carbocycles. The van der Waals surface area contributed by atoms with Crippen molar-refractivity contribution in [2.75, 3.05) is 19.6 Å². The van der Waals surface area contributed by atoms with E-state index in [1.165, 1.54) is 15.3 Å². The number of halogens is 2. The van der Waals surface area contributed by atoms with Gasteiger partial charge in [0.25, 0.3) is 0 Å². The molecule has 2 aromatic rings. The summed E-state index contributed by atoms with van der Waals surface area (Å²) in [6.45, 7) is 1.05. The Morgan fingerprint density at radius 1 is 1.10 bits per heavy atom. The van der Waals surface area contributed by atoms with E-state index in [-0.39, 0.29) is 31.2 Å². The van der Waals surface area contributed by atoms with E-state index in [0.29, 0.717) is 30.5 Å². The van der Waals surface area contributed by atoms with Crippen LogP contribution >= 0.6 is 15.9 Å². The summed E-state index contributed by atoms with van der Waals surface area (Å²) in [6, 6.07) is 13.6. The fraction of sp³-hybridized carbons (Fsp3) is 0.381. The predicted molar refractivity (Wildman–Crippen MR) is 114 cm³/mol. The summed E-state index contributed by atoms with van der Waals surface area (Å²) in [4.78, 5) is 13.8. The lowest BCUT2D eigenvalue weighted by Gasteiger charge is -2.36. The summed E-state index contributed by atoms with van der Waals surface area (Å²) in [5.41, 5.74) is 0.429. The first-order valence-corrected chi connectivity index (χ1v) is 12.1. The molecule has 1 spiro atoms. The fourth-order valence-corrected chi connectivity index (χ4v) is 5.98. The average Bonchev–Trinajstić information content (AvgIpc) is 2.98. The molecule has 6 nitrogen and oxygen atoms in total. The molecule has 2 aliphatic heterocycles. The van der Waals surface area contributed by atoms with Gasteiger partial charge in [0.1, 0.15) is 11.4 Å². The Morgan fingerprint density at radius 2 is 1.83 bits per heavy atom. The first-order chi connectivity index (χ1) is 14.3. The largest absolute Gasteiger partial charge is 0.441 e. The molecule has 0 saturated carbocycles. The van der Waals surface area contributed by atoms with Crippen molar-refractivity contribution in [3.05, 3.63) is 69.9 Å². The minimum absolute atomic E-state index is 0.0708. The van der Waals surface area contributed by atoms with Crippen molar-refractivity contribution < 1.29 is 22.3 Å². The second-order valence-electron chi connectivity index (χ2n) is 7.78. The van der Waals surface area contributed by atoms with E-state index in [1.807, 2.05) is 12.1 Å². The van der Waals surface area contributed by atoms with Gasteiger partial charge in [-0.2, -0.15) is 0 Å². The quantitative estimate of drug-likeness (QED) is 0.629. The molecular weight excluding hydrogens is 475 g/mol. The van der Waals surface area contributed by atoms with Crippen LogP contribution in [0.1, 0.15) is 24.0 Å². The van der Waals surface area contributed by atoms with Gasteiger partial charge in [0, 0.05) is 36.0 Å². The summed E-state index contributed by atoms with van der Waals surface area (Å²) < 4.78 is 47.5. The molecular formula is C21H22BrFN2O4S. The van der Waals surface area contributed by atoms with Gasteiger partial charge in [-0.1, -0.05) is 46.3 Å². The molecule has 2 saturated heterocycles. The number of carbonyl (C=O) groups excluding carboxylic acids is 1. The van der Waals surface area contributed by atoms with Crippen LogP contribution in [0.2, 0.25) is 0 Å². The van der Waals surface area contributed by atoms with Crippen molar-refractivity contribution in [1.29, 1.82) is 0 Å². The van der Waals surface area contributed by atoms with Crippen molar-refractivity contribution in [3.8, 4) is 0 Å². The van der Waals surface area contributed by atoms with Gasteiger partial charge < -0.3 is 4.74 Å². The Bertz CT molecular complexity index is 1050. The number of piperidine rings is 1. The molecule has 0 N–H and O–H groups in total. The SMILES string of the molecule is O=C1OC2(CCN(S(=O)(=O)Cc3cccc(Br)c3)CC2)CN1Cc1ccccc1F. The smallest absolute Gasteiger partial charge is 0.410 e. The molecule has 0 atom stereocenters. The Morgan fingerprint density at radius 3 is 2.53 bits per heavy atom. The van der Waals surface area contributed by atoms with E-state index in [4.69, 9.17) is 4.74 Å². The van der Waals surface area contributed by atoms with Crippen LogP contribution in [-0.4, -0.2) is 49.0 Å². The van der Waals surface area contributed by atoms with Gasteiger partial charge in [0.15, 0.2) is 0 Å². The topological polar surface area (TPSA) is 66.9 Å². The zero-order valence-corrected chi connectivity index (χ0v) is 18.7. The van der Waals surface area contributed by atoms with Gasteiger partial charge in [-0.25, -0.2) is 21.9 Å². The maximum absolute atomic E-state index is 13.9. The van der Waals surface area contributed by atoms with E-state index in [1.54, 1.807) is 30.3 Å². The Kier molecular flexibility index (Phi) is 5.87. The third-order valence-electron chi connectivity index (χ3n) is 5.63. The molecule has 30 heavy (non-hydrogen) atoms. The molecule has 9 heteroatoms. The molecule has 0 bridgehead atoms. The minimum atomic E-state index is -3.47. The molecule has 2 aromatic carbocycles. The lowest BCUT2D eigenvalue weighted by molar-refractivity contribution is 0.0172. The molecule has 0 unspecified atom stereocenters. The van der Waals surface area contributed by atoms with Crippen LogP contribution in [0.25, 0.3) is 0 Å². The molecule has 0 aromatic heterocycles. The predicted octanol–water partition coefficient (Wildman–Crippen LogP) is 3.91. The number of hydrogen-bond donors (Lipinski definition) is 0. The third-order valence-corrected chi connectivity index (χ3v) is 7.97. The summed E-state index contributed by atoms with van der Waals surface area (Å²) >= 11 is 3.36. The number of hydrogen-bond acceptors (Lipinski definition) is 4. The summed E-state index contributed by atoms with van der Waals surface area (Å²) in [5.74, 6) is -0.432. The molecule has 0 radical (unpaired) electrons. The minimum Gasteiger partial charge on any atom is -0.441 e. The Labute approximate surface area is 183 Å². The second-order valence-corrected chi connectivity index (χ2v) is 10.7. The normalized spacial score (nSPS) is 19.3. The van der Waals surface area contributed by atoms with Gasteiger partial charge in [0.2, 0.25) is 10.0 Å². The Hall–Kier alpha value is -1.97. The van der Waals surface area contributed by atoms with Crippen LogP contribution in [0.15, 0.2) is 53.0 Å². The van der Waals surface area contributed by atoms with E-state index in [9.17, 15) is 17.6 Å². The molecule has 2 aliphatic rings. The van der Waals surface area contributed by atoms with Gasteiger partial charge in [-0.05, 0) is 23.8 Å². The first kappa shape index (κ1) is 21.3. The van der Waals surface area contributed by atoms with Crippen molar-refractivity contribution in [3.63, 3.8) is 0 Å². The number of nitrogens with zero attached hydrogens (tertiary/aromatic N) is 2. The highest BCUT2D eigenvalue weighted by Crippen LogP contribution is 2.35. The van der Waals surface area contributed by atoms with Crippen LogP contribution in [0.4, 0.5) is 9.18 Å². The zero-order chi connectivity index (χ0) is 21.4. The molecule has 4 rings (SSSR count).